The molecule has 0 bridgehead atoms. The van der Waals surface area contributed by atoms with Crippen LogP contribution in [0.25, 0.3) is 0 Å². The third kappa shape index (κ3) is 3.36. The van der Waals surface area contributed by atoms with Gasteiger partial charge < -0.3 is 20.9 Å². The molecule has 0 radical (unpaired) electrons. The Morgan fingerprint density at radius 1 is 1.33 bits per heavy atom. The van der Waals surface area contributed by atoms with Crippen molar-refractivity contribution in [3.63, 3.8) is 0 Å². The molecule has 1 rings (SSSR count). The Kier molecular flexibility index (Phi) is 3.84. The lowest BCUT2D eigenvalue weighted by molar-refractivity contribution is -0.138. The van der Waals surface area contributed by atoms with Gasteiger partial charge in [-0.15, -0.1) is 0 Å². The van der Waals surface area contributed by atoms with Gasteiger partial charge in [0.05, 0.1) is 0 Å². The first-order chi connectivity index (χ1) is 7.00. The Morgan fingerprint density at radius 3 is 2.27 bits per heavy atom. The highest BCUT2D eigenvalue weighted by Gasteiger charge is 2.13. The van der Waals surface area contributed by atoms with Crippen molar-refractivity contribution in [1.82, 2.24) is 0 Å². The maximum Gasteiger partial charge on any atom is 0.488 e. The molecule has 5 nitrogen and oxygen atoms in total. The molecule has 0 heterocycles. The van der Waals surface area contributed by atoms with Crippen LogP contribution in [0.5, 0.6) is 0 Å². The van der Waals surface area contributed by atoms with Gasteiger partial charge in [0.1, 0.15) is 6.04 Å². The third-order valence-electron chi connectivity index (χ3n) is 2.05. The molecule has 0 amide bonds. The molecule has 0 fully saturated rings. The van der Waals surface area contributed by atoms with Crippen molar-refractivity contribution in [2.75, 3.05) is 0 Å². The Morgan fingerprint density at radius 2 is 1.87 bits per heavy atom. The van der Waals surface area contributed by atoms with Crippen LogP contribution in [0, 0.1) is 0 Å². The smallest absolute Gasteiger partial charge is 0.480 e. The highest BCUT2D eigenvalue weighted by molar-refractivity contribution is 6.58. The summed E-state index contributed by atoms with van der Waals surface area (Å²) >= 11 is 0. The Bertz CT molecular complexity index is 338. The molecular weight excluding hydrogens is 196 g/mol. The molecule has 0 aliphatic rings. The van der Waals surface area contributed by atoms with E-state index in [-0.39, 0.29) is 6.42 Å². The number of hydrogen-bond donors (Lipinski definition) is 4. The number of rotatable bonds is 4. The van der Waals surface area contributed by atoms with E-state index in [1.165, 1.54) is 12.1 Å². The molecule has 0 aliphatic heterocycles. The summed E-state index contributed by atoms with van der Waals surface area (Å²) in [4.78, 5) is 10.5. The van der Waals surface area contributed by atoms with Gasteiger partial charge in [0, 0.05) is 0 Å². The molecule has 0 aromatic heterocycles. The minimum atomic E-state index is -1.51. The molecule has 0 saturated carbocycles. The molecule has 0 spiro atoms. The summed E-state index contributed by atoms with van der Waals surface area (Å²) in [5, 5.41) is 26.2. The van der Waals surface area contributed by atoms with Crippen LogP contribution in [0.1, 0.15) is 5.56 Å². The summed E-state index contributed by atoms with van der Waals surface area (Å²) in [6.45, 7) is 0. The van der Waals surface area contributed by atoms with E-state index in [1.807, 2.05) is 0 Å². The summed E-state index contributed by atoms with van der Waals surface area (Å²) in [7, 11) is -1.51. The molecule has 15 heavy (non-hydrogen) atoms. The first-order valence-corrected chi connectivity index (χ1v) is 4.44. The van der Waals surface area contributed by atoms with Crippen molar-refractivity contribution < 1.29 is 19.9 Å². The van der Waals surface area contributed by atoms with E-state index < -0.39 is 19.1 Å². The van der Waals surface area contributed by atoms with Gasteiger partial charge in [0.25, 0.3) is 0 Å². The molecule has 1 atom stereocenters. The average Bonchev–Trinajstić information content (AvgIpc) is 2.18. The van der Waals surface area contributed by atoms with Gasteiger partial charge in [0.15, 0.2) is 0 Å². The number of aliphatic carboxylic acids is 1. The molecule has 6 heteroatoms. The van der Waals surface area contributed by atoms with Crippen molar-refractivity contribution in [2.24, 2.45) is 5.73 Å². The van der Waals surface area contributed by atoms with Crippen molar-refractivity contribution in [1.29, 1.82) is 0 Å². The van der Waals surface area contributed by atoms with E-state index in [1.54, 1.807) is 12.1 Å². The maximum atomic E-state index is 10.5. The van der Waals surface area contributed by atoms with Crippen LogP contribution >= 0.6 is 0 Å². The monoisotopic (exact) mass is 208 g/mol. The largest absolute Gasteiger partial charge is 0.488 e. The molecule has 1 aromatic rings. The highest BCUT2D eigenvalue weighted by atomic mass is 16.4. The molecule has 5 N–H and O–H groups in total. The summed E-state index contributed by atoms with van der Waals surface area (Å²) in [5.74, 6) is -1.05. The van der Waals surface area contributed by atoms with Gasteiger partial charge in [0.2, 0.25) is 0 Å². The number of carboxylic acid groups (broad SMARTS) is 1. The molecule has 1 aromatic carbocycles. The molecular formula is C9H12BNO4. The van der Waals surface area contributed by atoms with E-state index in [2.05, 4.69) is 0 Å². The van der Waals surface area contributed by atoms with Crippen LogP contribution in [-0.2, 0) is 11.2 Å². The minimum absolute atomic E-state index is 0.219. The van der Waals surface area contributed by atoms with Crippen LogP contribution in [0.3, 0.4) is 0 Å². The number of carbonyl (C=O) groups is 1. The van der Waals surface area contributed by atoms with Crippen LogP contribution in [0.15, 0.2) is 24.3 Å². The van der Waals surface area contributed by atoms with Gasteiger partial charge in [-0.3, -0.25) is 4.79 Å². The number of benzene rings is 1. The quantitative estimate of drug-likeness (QED) is 0.442. The summed E-state index contributed by atoms with van der Waals surface area (Å²) < 4.78 is 0. The van der Waals surface area contributed by atoms with E-state index in [4.69, 9.17) is 20.9 Å². The van der Waals surface area contributed by atoms with Gasteiger partial charge in [-0.25, -0.2) is 0 Å². The van der Waals surface area contributed by atoms with E-state index in [0.717, 1.165) is 5.56 Å². The lowest BCUT2D eigenvalue weighted by Crippen LogP contribution is -2.33. The second kappa shape index (κ2) is 4.93. The SMILES string of the molecule is NC(Cc1ccc([10B](O)O)cc1)C(=O)O. The zero-order chi connectivity index (χ0) is 11.4. The molecule has 0 aliphatic carbocycles. The highest BCUT2D eigenvalue weighted by Crippen LogP contribution is 2.01. The average molecular weight is 208 g/mol. The Labute approximate surface area is 87.3 Å². The van der Waals surface area contributed by atoms with Crippen LogP contribution in [0.4, 0.5) is 0 Å². The van der Waals surface area contributed by atoms with E-state index in [9.17, 15) is 4.79 Å². The van der Waals surface area contributed by atoms with E-state index >= 15 is 0 Å². The number of nitrogens with two attached hydrogens (primary N) is 1. The van der Waals surface area contributed by atoms with E-state index in [0.29, 0.717) is 5.46 Å². The fraction of sp³-hybridized carbons (Fsp3) is 0.222. The predicted octanol–water partition coefficient (Wildman–Crippen LogP) is -1.68. The topological polar surface area (TPSA) is 104 Å². The lowest BCUT2D eigenvalue weighted by atomic mass is 9.26. The Hall–Kier alpha value is -1.37. The van der Waals surface area contributed by atoms with Gasteiger partial charge in [-0.05, 0) is 17.4 Å². The minimum Gasteiger partial charge on any atom is -0.480 e. The zero-order valence-electron chi connectivity index (χ0n) is 8.00. The third-order valence-corrected chi connectivity index (χ3v) is 2.05. The molecule has 80 valence electrons. The fourth-order valence-corrected chi connectivity index (χ4v) is 1.17. The number of hydrogen-bond acceptors (Lipinski definition) is 4. The second-order valence-electron chi connectivity index (χ2n) is 3.26. The fourth-order valence-electron chi connectivity index (χ4n) is 1.17. The van der Waals surface area contributed by atoms with Gasteiger partial charge in [-0.2, -0.15) is 0 Å². The predicted molar refractivity (Wildman–Crippen MR) is 55.6 cm³/mol. The van der Waals surface area contributed by atoms with Crippen LogP contribution in [0.2, 0.25) is 0 Å². The van der Waals surface area contributed by atoms with Gasteiger partial charge in [-0.1, -0.05) is 24.3 Å². The zero-order valence-corrected chi connectivity index (χ0v) is 8.00. The molecule has 1 unspecified atom stereocenters. The van der Waals surface area contributed by atoms with Crippen LogP contribution in [-0.4, -0.2) is 34.3 Å². The summed E-state index contributed by atoms with van der Waals surface area (Å²) in [6.07, 6.45) is 0.219. The van der Waals surface area contributed by atoms with Crippen molar-refractivity contribution in [2.45, 2.75) is 12.5 Å². The molecule has 0 saturated heterocycles. The lowest BCUT2D eigenvalue weighted by Gasteiger charge is -2.07. The van der Waals surface area contributed by atoms with Crippen molar-refractivity contribution in [3.8, 4) is 0 Å². The normalized spacial score (nSPS) is 12.2. The van der Waals surface area contributed by atoms with Crippen molar-refractivity contribution >= 4 is 18.6 Å². The summed E-state index contributed by atoms with van der Waals surface area (Å²) in [6, 6.07) is 5.35. The number of carboxylic acids is 1. The van der Waals surface area contributed by atoms with Gasteiger partial charge >= 0.3 is 13.1 Å². The Balaban J connectivity index is 2.68. The van der Waals surface area contributed by atoms with Crippen LogP contribution < -0.4 is 11.2 Å². The van der Waals surface area contributed by atoms with Crippen molar-refractivity contribution in [3.05, 3.63) is 29.8 Å². The first-order valence-electron chi connectivity index (χ1n) is 4.44. The second-order valence-corrected chi connectivity index (χ2v) is 3.26. The first kappa shape index (κ1) is 11.7. The summed E-state index contributed by atoms with van der Waals surface area (Å²) in [5.41, 5.74) is 6.46. The standard InChI is InChI=1S/C9H12BNO4/c11-8(9(12)13)5-6-1-3-7(4-2-6)10(14)15/h1-4,8,14-15H,5,11H2,(H,12,13)/i10-1. The maximum absolute atomic E-state index is 10.5.